The van der Waals surface area contributed by atoms with Gasteiger partial charge >= 0.3 is 0 Å². The maximum absolute atomic E-state index is 5.47. The number of thiocarbonyl (C=S) groups is 1. The van der Waals surface area contributed by atoms with E-state index in [1.165, 1.54) is 64.2 Å². The first-order valence-corrected chi connectivity index (χ1v) is 9.14. The van der Waals surface area contributed by atoms with E-state index in [0.717, 1.165) is 14.0 Å². The highest BCUT2D eigenvalue weighted by Gasteiger charge is 2.29. The summed E-state index contributed by atoms with van der Waals surface area (Å²) in [5.74, 6) is 0. The Balaban J connectivity index is 1.99. The van der Waals surface area contributed by atoms with Crippen LogP contribution in [0.15, 0.2) is 0 Å². The van der Waals surface area contributed by atoms with Crippen molar-refractivity contribution < 1.29 is 0 Å². The van der Waals surface area contributed by atoms with Crippen molar-refractivity contribution in [2.45, 2.75) is 74.7 Å². The van der Waals surface area contributed by atoms with Crippen LogP contribution in [0.25, 0.3) is 0 Å². The molecule has 2 aliphatic carbocycles. The van der Waals surface area contributed by atoms with Crippen molar-refractivity contribution in [3.05, 3.63) is 0 Å². The second-order valence-corrected chi connectivity index (χ2v) is 9.81. The van der Waals surface area contributed by atoms with Crippen LogP contribution in [0.3, 0.4) is 0 Å². The van der Waals surface area contributed by atoms with Crippen LogP contribution in [0.5, 0.6) is 0 Å². The fourth-order valence-electron chi connectivity index (χ4n) is 3.33. The van der Waals surface area contributed by atoms with Crippen molar-refractivity contribution in [2.24, 2.45) is 0 Å². The number of hydrogen-bond donors (Lipinski definition) is 2. The molecule has 0 N–H and O–H groups in total. The summed E-state index contributed by atoms with van der Waals surface area (Å²) in [5, 5.41) is 1.86. The number of thiol groups is 2. The van der Waals surface area contributed by atoms with E-state index in [2.05, 4.69) is 12.6 Å². The first-order valence-electron chi connectivity index (χ1n) is 6.80. The third-order valence-electron chi connectivity index (χ3n) is 4.16. The largest absolute Gasteiger partial charge is 0.206 e. The minimum absolute atomic E-state index is 0.0603. The topological polar surface area (TPSA) is 0 Å². The van der Waals surface area contributed by atoms with Crippen LogP contribution in [0.4, 0.5) is 0 Å². The molecule has 0 atom stereocenters. The highest BCUT2D eigenvalue weighted by molar-refractivity contribution is 8.50. The van der Waals surface area contributed by atoms with E-state index in [4.69, 9.17) is 12.2 Å². The first kappa shape index (κ1) is 13.2. The third-order valence-corrected chi connectivity index (χ3v) is 8.53. The molecule has 2 fully saturated rings. The van der Waals surface area contributed by atoms with Gasteiger partial charge < -0.3 is 0 Å². The summed E-state index contributed by atoms with van der Waals surface area (Å²) in [6.45, 7) is 0. The van der Waals surface area contributed by atoms with E-state index in [1.807, 2.05) is 0 Å². The van der Waals surface area contributed by atoms with Crippen molar-refractivity contribution in [1.29, 1.82) is 0 Å². The maximum Gasteiger partial charge on any atom is 0.0816 e. The minimum Gasteiger partial charge on any atom is -0.206 e. The van der Waals surface area contributed by atoms with Crippen LogP contribution >= 0.6 is 35.7 Å². The zero-order valence-corrected chi connectivity index (χ0v) is 12.6. The lowest BCUT2D eigenvalue weighted by Gasteiger charge is -2.40. The molecule has 3 heteroatoms. The highest BCUT2D eigenvalue weighted by Crippen LogP contribution is 2.50. The third kappa shape index (κ3) is 3.39. The lowest BCUT2D eigenvalue weighted by atomic mass is 10.00. The number of hydrogen-bond acceptors (Lipinski definition) is 1. The molecule has 0 aromatic rings. The molecular formula is C13H24S3. The molecule has 94 valence electrons. The Kier molecular flexibility index (Phi) is 5.50. The summed E-state index contributed by atoms with van der Waals surface area (Å²) in [5.41, 5.74) is 0. The Labute approximate surface area is 114 Å². The van der Waals surface area contributed by atoms with Gasteiger partial charge in [0.05, 0.1) is 3.53 Å². The Hall–Kier alpha value is 0.790. The summed E-state index contributed by atoms with van der Waals surface area (Å²) >= 11 is 10.0. The van der Waals surface area contributed by atoms with E-state index in [0.29, 0.717) is 0 Å². The van der Waals surface area contributed by atoms with Gasteiger partial charge in [-0.1, -0.05) is 50.7 Å². The normalized spacial score (nSPS) is 25.4. The summed E-state index contributed by atoms with van der Waals surface area (Å²) in [4.78, 5) is 0. The quantitative estimate of drug-likeness (QED) is 0.536. The van der Waals surface area contributed by atoms with Crippen molar-refractivity contribution in [2.75, 3.05) is 0 Å². The van der Waals surface area contributed by atoms with Crippen LogP contribution in [0.1, 0.15) is 64.2 Å². The lowest BCUT2D eigenvalue weighted by Crippen LogP contribution is -2.25. The Bertz CT molecular complexity index is 209. The molecule has 0 saturated heterocycles. The molecule has 0 aromatic carbocycles. The van der Waals surface area contributed by atoms with Crippen molar-refractivity contribution in [3.63, 3.8) is 0 Å². The second-order valence-electron chi connectivity index (χ2n) is 5.27. The highest BCUT2D eigenvalue weighted by atomic mass is 32.3. The van der Waals surface area contributed by atoms with Gasteiger partial charge in [-0.15, -0.1) is 12.6 Å². The van der Waals surface area contributed by atoms with Crippen LogP contribution < -0.4 is 0 Å². The van der Waals surface area contributed by atoms with Gasteiger partial charge in [0.25, 0.3) is 0 Å². The van der Waals surface area contributed by atoms with Gasteiger partial charge in [-0.05, 0) is 36.2 Å². The minimum atomic E-state index is -0.0603. The van der Waals surface area contributed by atoms with Crippen molar-refractivity contribution >= 4 is 39.3 Å². The van der Waals surface area contributed by atoms with E-state index >= 15 is 0 Å². The van der Waals surface area contributed by atoms with Gasteiger partial charge in [0.15, 0.2) is 0 Å². The zero-order chi connectivity index (χ0) is 11.4. The fraction of sp³-hybridized carbons (Fsp3) is 0.923. The average Bonchev–Trinajstić information content (AvgIpc) is 2.31. The van der Waals surface area contributed by atoms with E-state index in [9.17, 15) is 0 Å². The molecule has 0 bridgehead atoms. The molecule has 0 unspecified atom stereocenters. The molecule has 0 radical (unpaired) electrons. The summed E-state index contributed by atoms with van der Waals surface area (Å²) in [7, 11) is -0.0603. The second kappa shape index (κ2) is 6.65. The molecule has 0 nitrogen and oxygen atoms in total. The molecule has 0 aliphatic heterocycles. The van der Waals surface area contributed by atoms with Crippen LogP contribution in [-0.2, 0) is 0 Å². The molecule has 0 spiro atoms. The van der Waals surface area contributed by atoms with Gasteiger partial charge in [0.2, 0.25) is 0 Å². The molecule has 2 saturated carbocycles. The smallest absolute Gasteiger partial charge is 0.0816 e. The van der Waals surface area contributed by atoms with Crippen molar-refractivity contribution in [3.8, 4) is 0 Å². The fourth-order valence-corrected chi connectivity index (χ4v) is 8.27. The zero-order valence-electron chi connectivity index (χ0n) is 10.0. The molecule has 16 heavy (non-hydrogen) atoms. The Morgan fingerprint density at radius 3 is 1.50 bits per heavy atom. The monoisotopic (exact) mass is 276 g/mol. The van der Waals surface area contributed by atoms with Gasteiger partial charge in [-0.25, -0.2) is 10.9 Å². The standard InChI is InChI=1S/C13H24S3/c14-13(15)16(11-7-3-1-4-8-11)12-9-5-2-6-10-12/h11-12,16H,1-10H2,(H,14,15). The predicted molar refractivity (Wildman–Crippen MR) is 84.3 cm³/mol. The van der Waals surface area contributed by atoms with Gasteiger partial charge in [-0.3, -0.25) is 0 Å². The van der Waals surface area contributed by atoms with Crippen LogP contribution in [0, 0.1) is 0 Å². The molecule has 2 aliphatic rings. The number of rotatable bonds is 2. The lowest BCUT2D eigenvalue weighted by molar-refractivity contribution is 0.493. The molecular weight excluding hydrogens is 252 g/mol. The van der Waals surface area contributed by atoms with E-state index in [1.54, 1.807) is 0 Å². The molecule has 0 aromatic heterocycles. The summed E-state index contributed by atoms with van der Waals surface area (Å²) < 4.78 is 1.08. The Morgan fingerprint density at radius 2 is 1.19 bits per heavy atom. The molecule has 2 rings (SSSR count). The van der Waals surface area contributed by atoms with Gasteiger partial charge in [0, 0.05) is 0 Å². The summed E-state index contributed by atoms with van der Waals surface area (Å²) in [6.07, 6.45) is 14.4. The van der Waals surface area contributed by atoms with Crippen LogP contribution in [0.2, 0.25) is 0 Å². The molecule has 0 amide bonds. The Morgan fingerprint density at radius 1 is 0.812 bits per heavy atom. The predicted octanol–water partition coefficient (Wildman–Crippen LogP) is 4.87. The average molecular weight is 277 g/mol. The first-order chi connectivity index (χ1) is 7.79. The SMILES string of the molecule is S=C(S)[SH](C1CCCCC1)C1CCCCC1. The van der Waals surface area contributed by atoms with Crippen molar-refractivity contribution in [1.82, 2.24) is 0 Å². The maximum atomic E-state index is 5.47. The van der Waals surface area contributed by atoms with E-state index < -0.39 is 0 Å². The van der Waals surface area contributed by atoms with E-state index in [-0.39, 0.29) is 10.9 Å². The van der Waals surface area contributed by atoms with Gasteiger partial charge in [0.1, 0.15) is 0 Å². The van der Waals surface area contributed by atoms with Gasteiger partial charge in [-0.2, -0.15) is 0 Å². The molecule has 0 heterocycles. The summed E-state index contributed by atoms with van der Waals surface area (Å²) in [6, 6.07) is 0. The van der Waals surface area contributed by atoms with Crippen LogP contribution in [-0.4, -0.2) is 14.0 Å².